The zero-order chi connectivity index (χ0) is 29.1. The van der Waals surface area contributed by atoms with Gasteiger partial charge < -0.3 is 15.4 Å². The topological polar surface area (TPSA) is 50.4 Å². The van der Waals surface area contributed by atoms with E-state index in [2.05, 4.69) is 22.8 Å². The summed E-state index contributed by atoms with van der Waals surface area (Å²) in [6.07, 6.45) is -6.27. The second-order valence-electron chi connectivity index (χ2n) is 11.4. The Hall–Kier alpha value is -2.59. The molecule has 1 heterocycles. The van der Waals surface area contributed by atoms with Crippen molar-refractivity contribution in [1.29, 1.82) is 0 Å². The molecule has 2 N–H and O–H groups in total. The summed E-state index contributed by atoms with van der Waals surface area (Å²) < 4.78 is 85.3. The van der Waals surface area contributed by atoms with Crippen LogP contribution in [-0.2, 0) is 34.8 Å². The van der Waals surface area contributed by atoms with Gasteiger partial charge in [-0.3, -0.25) is 4.79 Å². The van der Waals surface area contributed by atoms with Crippen LogP contribution in [0, 0.1) is 17.3 Å². The molecule has 0 bridgehead atoms. The lowest BCUT2D eigenvalue weighted by Crippen LogP contribution is -2.49. The van der Waals surface area contributed by atoms with E-state index < -0.39 is 35.4 Å². The number of rotatable bonds is 8. The Morgan fingerprint density at radius 1 is 0.975 bits per heavy atom. The van der Waals surface area contributed by atoms with Crippen LogP contribution in [0.25, 0.3) is 0 Å². The Kier molecular flexibility index (Phi) is 9.19. The predicted octanol–water partition coefficient (Wildman–Crippen LogP) is 6.77. The lowest BCUT2D eigenvalue weighted by atomic mass is 9.74. The largest absolute Gasteiger partial charge is 0.416 e. The average Bonchev–Trinajstić information content (AvgIpc) is 3.33. The minimum atomic E-state index is -4.94. The zero-order valence-corrected chi connectivity index (χ0v) is 22.7. The van der Waals surface area contributed by atoms with Crippen LogP contribution in [0.4, 0.5) is 26.3 Å². The van der Waals surface area contributed by atoms with Gasteiger partial charge in [0.1, 0.15) is 0 Å². The first-order chi connectivity index (χ1) is 18.8. The molecule has 0 spiro atoms. The number of alkyl halides is 6. The van der Waals surface area contributed by atoms with E-state index in [4.69, 9.17) is 4.74 Å². The van der Waals surface area contributed by atoms with E-state index >= 15 is 0 Å². The van der Waals surface area contributed by atoms with Gasteiger partial charge in [-0.25, -0.2) is 0 Å². The first kappa shape index (κ1) is 30.4. The third-order valence-electron chi connectivity index (χ3n) is 8.47. The molecular formula is C30H36F6N2O2. The molecule has 4 rings (SSSR count). The van der Waals surface area contributed by atoms with Gasteiger partial charge in [-0.05, 0) is 67.3 Å². The van der Waals surface area contributed by atoms with Crippen LogP contribution in [0.2, 0.25) is 0 Å². The molecule has 0 aromatic heterocycles. The summed E-state index contributed by atoms with van der Waals surface area (Å²) >= 11 is 0. The maximum atomic E-state index is 13.5. The highest BCUT2D eigenvalue weighted by Crippen LogP contribution is 2.45. The lowest BCUT2D eigenvalue weighted by Gasteiger charge is -2.36. The molecular weight excluding hydrogens is 534 g/mol. The van der Waals surface area contributed by atoms with E-state index in [-0.39, 0.29) is 41.5 Å². The lowest BCUT2D eigenvalue weighted by molar-refractivity contribution is -0.143. The van der Waals surface area contributed by atoms with Crippen LogP contribution < -0.4 is 10.6 Å². The monoisotopic (exact) mass is 570 g/mol. The molecule has 40 heavy (non-hydrogen) atoms. The third kappa shape index (κ3) is 7.18. The smallest absolute Gasteiger partial charge is 0.381 e. The molecule has 4 atom stereocenters. The molecule has 2 aromatic carbocycles. The third-order valence-corrected chi connectivity index (χ3v) is 8.47. The van der Waals surface area contributed by atoms with Gasteiger partial charge in [-0.2, -0.15) is 26.3 Å². The van der Waals surface area contributed by atoms with Crippen LogP contribution in [-0.4, -0.2) is 31.2 Å². The van der Waals surface area contributed by atoms with Crippen molar-refractivity contribution in [2.45, 2.75) is 76.9 Å². The van der Waals surface area contributed by atoms with Crippen LogP contribution in [0.5, 0.6) is 0 Å². The molecule has 1 aliphatic heterocycles. The second kappa shape index (κ2) is 12.1. The number of nitrogens with one attached hydrogen (secondary N) is 2. The second-order valence-corrected chi connectivity index (χ2v) is 11.4. The van der Waals surface area contributed by atoms with Crippen molar-refractivity contribution < 1.29 is 35.9 Å². The van der Waals surface area contributed by atoms with Crippen molar-refractivity contribution in [3.8, 4) is 0 Å². The Labute approximate surface area is 230 Å². The maximum Gasteiger partial charge on any atom is 0.416 e. The minimum absolute atomic E-state index is 0.0682. The fraction of sp³-hybridized carbons (Fsp3) is 0.567. The van der Waals surface area contributed by atoms with E-state index in [0.29, 0.717) is 38.2 Å². The summed E-state index contributed by atoms with van der Waals surface area (Å²) in [5.74, 6) is -0.130. The number of amides is 1. The van der Waals surface area contributed by atoms with E-state index in [9.17, 15) is 31.1 Å². The molecule has 2 aromatic rings. The minimum Gasteiger partial charge on any atom is -0.381 e. The summed E-state index contributed by atoms with van der Waals surface area (Å²) in [6.45, 7) is 4.74. The van der Waals surface area contributed by atoms with E-state index in [0.717, 1.165) is 19.3 Å². The number of hydrogen-bond acceptors (Lipinski definition) is 3. The fourth-order valence-corrected chi connectivity index (χ4v) is 6.13. The summed E-state index contributed by atoms with van der Waals surface area (Å²) in [5.41, 5.74) is -2.57. The van der Waals surface area contributed by atoms with Crippen LogP contribution in [0.3, 0.4) is 0 Å². The van der Waals surface area contributed by atoms with Crippen molar-refractivity contribution >= 4 is 5.91 Å². The van der Waals surface area contributed by atoms with Gasteiger partial charge in [0.25, 0.3) is 0 Å². The van der Waals surface area contributed by atoms with Crippen LogP contribution >= 0.6 is 0 Å². The van der Waals surface area contributed by atoms with Crippen molar-refractivity contribution in [3.63, 3.8) is 0 Å². The fourth-order valence-electron chi connectivity index (χ4n) is 6.13. The van der Waals surface area contributed by atoms with Crippen molar-refractivity contribution in [1.82, 2.24) is 10.6 Å². The van der Waals surface area contributed by atoms with E-state index in [1.54, 1.807) is 0 Å². The standard InChI is InChI=1S/C30H36F6N2O2/c1-19(2)28(27(39)37-17-21-13-23(29(31,32)33)15-24(14-21)30(34,35)36)10-8-25(16-28)38-26-9-11-40-18-22(26)12-20-6-4-3-5-7-20/h3-7,13-15,19,22,25-26,38H,8-12,16-18H2,1-2H3,(H,37,39)/t22?,25-,26?,28+/m1/s1. The maximum absolute atomic E-state index is 13.5. The zero-order valence-electron chi connectivity index (χ0n) is 22.7. The van der Waals surface area contributed by atoms with Gasteiger partial charge in [0.2, 0.25) is 5.91 Å². The molecule has 1 saturated carbocycles. The van der Waals surface area contributed by atoms with Crippen molar-refractivity contribution in [2.24, 2.45) is 17.3 Å². The first-order valence-corrected chi connectivity index (χ1v) is 13.7. The molecule has 2 unspecified atom stereocenters. The highest BCUT2D eigenvalue weighted by molar-refractivity contribution is 5.83. The van der Waals surface area contributed by atoms with Gasteiger partial charge in [0.05, 0.1) is 23.1 Å². The quantitative estimate of drug-likeness (QED) is 0.345. The molecule has 2 fully saturated rings. The van der Waals surface area contributed by atoms with E-state index in [1.807, 2.05) is 32.0 Å². The Morgan fingerprint density at radius 2 is 1.62 bits per heavy atom. The number of benzene rings is 2. The number of ether oxygens (including phenoxy) is 1. The molecule has 1 saturated heterocycles. The molecule has 220 valence electrons. The molecule has 2 aliphatic rings. The highest BCUT2D eigenvalue weighted by atomic mass is 19.4. The van der Waals surface area contributed by atoms with Crippen molar-refractivity contribution in [2.75, 3.05) is 13.2 Å². The molecule has 0 radical (unpaired) electrons. The number of hydrogen-bond donors (Lipinski definition) is 2. The van der Waals surface area contributed by atoms with Crippen LogP contribution in [0.1, 0.15) is 61.8 Å². The first-order valence-electron chi connectivity index (χ1n) is 13.7. The molecule has 1 amide bonds. The Balaban J connectivity index is 1.43. The van der Waals surface area contributed by atoms with Gasteiger partial charge in [0.15, 0.2) is 0 Å². The molecule has 10 heteroatoms. The van der Waals surface area contributed by atoms with Crippen molar-refractivity contribution in [3.05, 3.63) is 70.8 Å². The summed E-state index contributed by atoms with van der Waals surface area (Å²) in [4.78, 5) is 13.5. The SMILES string of the molecule is CC(C)[C@]1(C(=O)NCc2cc(C(F)(F)F)cc(C(F)(F)F)c2)CC[C@@H](NC2CCOCC2Cc2ccccc2)C1. The summed E-state index contributed by atoms with van der Waals surface area (Å²) in [7, 11) is 0. The van der Waals surface area contributed by atoms with Crippen LogP contribution in [0.15, 0.2) is 48.5 Å². The summed E-state index contributed by atoms with van der Waals surface area (Å²) in [6, 6.07) is 11.9. The average molecular weight is 571 g/mol. The normalized spacial score (nSPS) is 25.8. The molecule has 4 nitrogen and oxygen atoms in total. The van der Waals surface area contributed by atoms with Gasteiger partial charge in [-0.15, -0.1) is 0 Å². The van der Waals surface area contributed by atoms with E-state index in [1.165, 1.54) is 5.56 Å². The number of halogens is 6. The Bertz CT molecular complexity index is 1120. The van der Waals surface area contributed by atoms with Gasteiger partial charge >= 0.3 is 12.4 Å². The van der Waals surface area contributed by atoms with Gasteiger partial charge in [-0.1, -0.05) is 44.2 Å². The highest BCUT2D eigenvalue weighted by Gasteiger charge is 2.48. The number of carbonyl (C=O) groups is 1. The predicted molar refractivity (Wildman–Crippen MR) is 139 cm³/mol. The van der Waals surface area contributed by atoms with Gasteiger partial charge in [0, 0.05) is 31.2 Å². The summed E-state index contributed by atoms with van der Waals surface area (Å²) in [5, 5.41) is 6.43. The molecule has 1 aliphatic carbocycles. The number of carbonyl (C=O) groups excluding carboxylic acids is 1. The Morgan fingerprint density at radius 3 is 2.23 bits per heavy atom.